The average Bonchev–Trinajstić information content (AvgIpc) is 2.15. The largest absolute Gasteiger partial charge is 0.506 e. The fourth-order valence-electron chi connectivity index (χ4n) is 1.60. The lowest BCUT2D eigenvalue weighted by Gasteiger charge is -2.23. The lowest BCUT2D eigenvalue weighted by molar-refractivity contribution is 0.473. The lowest BCUT2D eigenvalue weighted by Crippen LogP contribution is -2.22. The van der Waals surface area contributed by atoms with Gasteiger partial charge in [0.1, 0.15) is 5.75 Å². The zero-order valence-corrected chi connectivity index (χ0v) is 9.46. The summed E-state index contributed by atoms with van der Waals surface area (Å²) < 4.78 is 0. The molecule has 0 heterocycles. The van der Waals surface area contributed by atoms with E-state index in [-0.39, 0.29) is 0 Å². The van der Waals surface area contributed by atoms with Crippen LogP contribution in [0, 0.1) is 13.8 Å². The van der Waals surface area contributed by atoms with Crippen molar-refractivity contribution < 1.29 is 5.11 Å². The Morgan fingerprint density at radius 1 is 1.07 bits per heavy atom. The van der Waals surface area contributed by atoms with Gasteiger partial charge in [-0.2, -0.15) is 0 Å². The second kappa shape index (κ2) is 4.36. The quantitative estimate of drug-likeness (QED) is 0.798. The molecule has 0 saturated heterocycles. The molecule has 0 aliphatic rings. The molecule has 0 atom stereocenters. The molecule has 0 saturated carbocycles. The summed E-state index contributed by atoms with van der Waals surface area (Å²) in [5.74, 6) is 0.386. The van der Waals surface area contributed by atoms with E-state index in [9.17, 15) is 5.11 Å². The molecule has 1 N–H and O–H groups in total. The van der Waals surface area contributed by atoms with Crippen molar-refractivity contribution in [2.24, 2.45) is 0 Å². The summed E-state index contributed by atoms with van der Waals surface area (Å²) in [7, 11) is 0. The molecule has 1 rings (SSSR count). The van der Waals surface area contributed by atoms with Gasteiger partial charge in [-0.05, 0) is 51.0 Å². The number of phenolic OH excluding ortho intramolecular Hbond substituents is 1. The van der Waals surface area contributed by atoms with Gasteiger partial charge in [0.25, 0.3) is 0 Å². The normalized spacial score (nSPS) is 10.3. The summed E-state index contributed by atoms with van der Waals surface area (Å²) >= 11 is 0. The summed E-state index contributed by atoms with van der Waals surface area (Å²) in [6.45, 7) is 10.1. The first-order chi connectivity index (χ1) is 6.60. The van der Waals surface area contributed by atoms with Crippen molar-refractivity contribution in [2.75, 3.05) is 18.0 Å². The number of nitrogens with zero attached hydrogens (tertiary/aromatic N) is 1. The lowest BCUT2D eigenvalue weighted by atomic mass is 10.1. The van der Waals surface area contributed by atoms with Crippen molar-refractivity contribution in [3.8, 4) is 5.75 Å². The summed E-state index contributed by atoms with van der Waals surface area (Å²) in [6, 6.07) is 3.89. The zero-order chi connectivity index (χ0) is 10.7. The van der Waals surface area contributed by atoms with Gasteiger partial charge < -0.3 is 10.0 Å². The van der Waals surface area contributed by atoms with Gasteiger partial charge in [0.15, 0.2) is 0 Å². The number of anilines is 1. The van der Waals surface area contributed by atoms with Gasteiger partial charge in [0, 0.05) is 13.1 Å². The van der Waals surface area contributed by atoms with Crippen LogP contribution in [-0.4, -0.2) is 18.2 Å². The third-order valence-corrected chi connectivity index (χ3v) is 2.70. The number of phenols is 1. The molecule has 0 fully saturated rings. The maximum Gasteiger partial charge on any atom is 0.139 e. The predicted molar refractivity (Wildman–Crippen MR) is 61.1 cm³/mol. The molecule has 0 amide bonds. The van der Waals surface area contributed by atoms with E-state index in [2.05, 4.69) is 31.7 Å². The van der Waals surface area contributed by atoms with E-state index in [4.69, 9.17) is 0 Å². The minimum absolute atomic E-state index is 0.386. The van der Waals surface area contributed by atoms with E-state index in [0.29, 0.717) is 5.75 Å². The number of hydrogen-bond acceptors (Lipinski definition) is 2. The van der Waals surface area contributed by atoms with Crippen molar-refractivity contribution in [2.45, 2.75) is 27.7 Å². The number of aryl methyl sites for hydroxylation is 2. The third kappa shape index (κ3) is 2.00. The second-order valence-electron chi connectivity index (χ2n) is 3.60. The zero-order valence-electron chi connectivity index (χ0n) is 9.46. The third-order valence-electron chi connectivity index (χ3n) is 2.70. The van der Waals surface area contributed by atoms with Crippen LogP contribution in [0.15, 0.2) is 12.1 Å². The molecule has 78 valence electrons. The first-order valence-electron chi connectivity index (χ1n) is 5.15. The second-order valence-corrected chi connectivity index (χ2v) is 3.60. The predicted octanol–water partition coefficient (Wildman–Crippen LogP) is 2.86. The number of rotatable bonds is 3. The number of hydrogen-bond donors (Lipinski definition) is 1. The highest BCUT2D eigenvalue weighted by Crippen LogP contribution is 2.29. The molecule has 0 unspecified atom stereocenters. The van der Waals surface area contributed by atoms with Gasteiger partial charge >= 0.3 is 0 Å². The van der Waals surface area contributed by atoms with E-state index >= 15 is 0 Å². The van der Waals surface area contributed by atoms with Gasteiger partial charge in [-0.1, -0.05) is 0 Å². The van der Waals surface area contributed by atoms with Crippen molar-refractivity contribution in [1.82, 2.24) is 0 Å². The van der Waals surface area contributed by atoms with E-state index in [1.807, 2.05) is 13.0 Å². The van der Waals surface area contributed by atoms with Gasteiger partial charge in [-0.3, -0.25) is 0 Å². The Balaban J connectivity index is 3.14. The molecule has 1 aromatic rings. The molecule has 0 aromatic heterocycles. The van der Waals surface area contributed by atoms with Crippen LogP contribution in [0.1, 0.15) is 25.0 Å². The highest BCUT2D eigenvalue weighted by atomic mass is 16.3. The summed E-state index contributed by atoms with van der Waals surface area (Å²) in [5, 5.41) is 9.81. The van der Waals surface area contributed by atoms with Crippen molar-refractivity contribution in [1.29, 1.82) is 0 Å². The molecule has 0 aliphatic carbocycles. The fraction of sp³-hybridized carbons (Fsp3) is 0.500. The Bertz CT molecular complexity index is 316. The monoisotopic (exact) mass is 193 g/mol. The molecule has 2 nitrogen and oxygen atoms in total. The number of aromatic hydroxyl groups is 1. The van der Waals surface area contributed by atoms with Crippen LogP contribution in [0.5, 0.6) is 5.75 Å². The van der Waals surface area contributed by atoms with Gasteiger partial charge in [0.2, 0.25) is 0 Å². The van der Waals surface area contributed by atoms with Gasteiger partial charge in [-0.25, -0.2) is 0 Å². The summed E-state index contributed by atoms with van der Waals surface area (Å²) in [6.07, 6.45) is 0. The van der Waals surface area contributed by atoms with Crippen LogP contribution < -0.4 is 4.90 Å². The average molecular weight is 193 g/mol. The Hall–Kier alpha value is -1.18. The molecule has 1 aromatic carbocycles. The van der Waals surface area contributed by atoms with Crippen LogP contribution in [0.3, 0.4) is 0 Å². The fourth-order valence-corrected chi connectivity index (χ4v) is 1.60. The Morgan fingerprint density at radius 3 is 2.07 bits per heavy atom. The maximum atomic E-state index is 9.81. The molecule has 0 aliphatic heterocycles. The maximum absolute atomic E-state index is 9.81. The van der Waals surface area contributed by atoms with Crippen molar-refractivity contribution in [3.63, 3.8) is 0 Å². The first-order valence-corrected chi connectivity index (χ1v) is 5.15. The standard InChI is InChI=1S/C12H19NO/c1-5-13(6-2)11-7-9(3)10(4)8-12(11)14/h7-8,14H,5-6H2,1-4H3. The van der Waals surface area contributed by atoms with E-state index in [0.717, 1.165) is 24.3 Å². The van der Waals surface area contributed by atoms with Crippen LogP contribution in [0.25, 0.3) is 0 Å². The van der Waals surface area contributed by atoms with Crippen LogP contribution in [-0.2, 0) is 0 Å². The minimum Gasteiger partial charge on any atom is -0.506 e. The van der Waals surface area contributed by atoms with Crippen LogP contribution in [0.2, 0.25) is 0 Å². The Morgan fingerprint density at radius 2 is 1.57 bits per heavy atom. The molecule has 0 spiro atoms. The minimum atomic E-state index is 0.386. The molecule has 0 bridgehead atoms. The Kier molecular flexibility index (Phi) is 3.39. The highest BCUT2D eigenvalue weighted by Gasteiger charge is 2.08. The highest BCUT2D eigenvalue weighted by molar-refractivity contribution is 5.60. The smallest absolute Gasteiger partial charge is 0.139 e. The van der Waals surface area contributed by atoms with Gasteiger partial charge in [0.05, 0.1) is 5.69 Å². The van der Waals surface area contributed by atoms with Crippen LogP contribution in [0.4, 0.5) is 5.69 Å². The topological polar surface area (TPSA) is 23.5 Å². The summed E-state index contributed by atoms with van der Waals surface area (Å²) in [5.41, 5.74) is 3.31. The molecule has 0 radical (unpaired) electrons. The first kappa shape index (κ1) is 10.9. The SMILES string of the molecule is CCN(CC)c1cc(C)c(C)cc1O. The van der Waals surface area contributed by atoms with E-state index in [1.54, 1.807) is 0 Å². The molecule has 2 heteroatoms. The van der Waals surface area contributed by atoms with Gasteiger partial charge in [-0.15, -0.1) is 0 Å². The molecular formula is C12H19NO. The molecule has 14 heavy (non-hydrogen) atoms. The van der Waals surface area contributed by atoms with Crippen molar-refractivity contribution in [3.05, 3.63) is 23.3 Å². The number of benzene rings is 1. The van der Waals surface area contributed by atoms with E-state index in [1.165, 1.54) is 5.56 Å². The molecular weight excluding hydrogens is 174 g/mol. The van der Waals surface area contributed by atoms with Crippen molar-refractivity contribution >= 4 is 5.69 Å². The van der Waals surface area contributed by atoms with Crippen LogP contribution >= 0.6 is 0 Å². The Labute approximate surface area is 86.2 Å². The summed E-state index contributed by atoms with van der Waals surface area (Å²) in [4.78, 5) is 2.15. The van der Waals surface area contributed by atoms with E-state index < -0.39 is 0 Å².